The molecule has 0 bridgehead atoms. The SMILES string of the molecule is CCOc1cccc(C(=O)C(C)c2ccccc2)c1. The summed E-state index contributed by atoms with van der Waals surface area (Å²) in [6, 6.07) is 17.2. The molecule has 0 spiro atoms. The third-order valence-corrected chi connectivity index (χ3v) is 3.12. The van der Waals surface area contributed by atoms with Gasteiger partial charge in [0.25, 0.3) is 0 Å². The molecule has 0 amide bonds. The average Bonchev–Trinajstić information content (AvgIpc) is 2.47. The molecule has 0 aliphatic rings. The van der Waals surface area contributed by atoms with Crippen LogP contribution in [0.4, 0.5) is 0 Å². The van der Waals surface area contributed by atoms with Crippen molar-refractivity contribution in [2.75, 3.05) is 6.61 Å². The number of rotatable bonds is 5. The molecular weight excluding hydrogens is 236 g/mol. The highest BCUT2D eigenvalue weighted by Crippen LogP contribution is 2.22. The summed E-state index contributed by atoms with van der Waals surface area (Å²) in [7, 11) is 0. The fraction of sp³-hybridized carbons (Fsp3) is 0.235. The van der Waals surface area contributed by atoms with Gasteiger partial charge in [-0.2, -0.15) is 0 Å². The second-order valence-electron chi connectivity index (χ2n) is 4.46. The molecule has 2 aromatic rings. The van der Waals surface area contributed by atoms with E-state index >= 15 is 0 Å². The Morgan fingerprint density at radius 3 is 2.53 bits per heavy atom. The lowest BCUT2D eigenvalue weighted by atomic mass is 9.92. The van der Waals surface area contributed by atoms with Crippen molar-refractivity contribution in [1.82, 2.24) is 0 Å². The first-order chi connectivity index (χ1) is 9.22. The molecule has 0 aliphatic carbocycles. The molecule has 2 heteroatoms. The lowest BCUT2D eigenvalue weighted by Gasteiger charge is -2.12. The van der Waals surface area contributed by atoms with Gasteiger partial charge in [-0.05, 0) is 24.6 Å². The molecule has 0 saturated heterocycles. The lowest BCUT2D eigenvalue weighted by Crippen LogP contribution is -2.09. The zero-order chi connectivity index (χ0) is 13.7. The van der Waals surface area contributed by atoms with E-state index in [1.165, 1.54) is 0 Å². The molecule has 0 N–H and O–H groups in total. The van der Waals surface area contributed by atoms with E-state index in [-0.39, 0.29) is 11.7 Å². The normalized spacial score (nSPS) is 11.9. The van der Waals surface area contributed by atoms with Gasteiger partial charge in [-0.1, -0.05) is 49.4 Å². The molecule has 0 fully saturated rings. The molecule has 2 rings (SSSR count). The fourth-order valence-corrected chi connectivity index (χ4v) is 2.05. The van der Waals surface area contributed by atoms with E-state index in [0.717, 1.165) is 11.3 Å². The summed E-state index contributed by atoms with van der Waals surface area (Å²) >= 11 is 0. The van der Waals surface area contributed by atoms with Crippen LogP contribution in [0.25, 0.3) is 0 Å². The second kappa shape index (κ2) is 6.19. The maximum Gasteiger partial charge on any atom is 0.170 e. The molecule has 0 saturated carbocycles. The van der Waals surface area contributed by atoms with Crippen LogP contribution in [-0.4, -0.2) is 12.4 Å². The first-order valence-electron chi connectivity index (χ1n) is 6.54. The van der Waals surface area contributed by atoms with Gasteiger partial charge in [0.05, 0.1) is 6.61 Å². The number of carbonyl (C=O) groups is 1. The van der Waals surface area contributed by atoms with E-state index in [4.69, 9.17) is 4.74 Å². The van der Waals surface area contributed by atoms with Crippen LogP contribution in [0.1, 0.15) is 35.7 Å². The van der Waals surface area contributed by atoms with Crippen LogP contribution in [-0.2, 0) is 0 Å². The van der Waals surface area contributed by atoms with Gasteiger partial charge in [0.1, 0.15) is 5.75 Å². The van der Waals surface area contributed by atoms with E-state index in [9.17, 15) is 4.79 Å². The predicted molar refractivity (Wildman–Crippen MR) is 76.8 cm³/mol. The number of carbonyl (C=O) groups excluding carboxylic acids is 1. The minimum absolute atomic E-state index is 0.118. The summed E-state index contributed by atoms with van der Waals surface area (Å²) in [5, 5.41) is 0. The van der Waals surface area contributed by atoms with Crippen molar-refractivity contribution < 1.29 is 9.53 Å². The Kier molecular flexibility index (Phi) is 4.35. The maximum absolute atomic E-state index is 12.4. The standard InChI is InChI=1S/C17H18O2/c1-3-19-16-11-7-10-15(12-16)17(18)13(2)14-8-5-4-6-9-14/h4-13H,3H2,1-2H3. The van der Waals surface area contributed by atoms with Crippen molar-refractivity contribution in [3.8, 4) is 5.75 Å². The second-order valence-corrected chi connectivity index (χ2v) is 4.46. The van der Waals surface area contributed by atoms with E-state index in [0.29, 0.717) is 12.2 Å². The molecular formula is C17H18O2. The minimum atomic E-state index is -0.141. The van der Waals surface area contributed by atoms with Gasteiger partial charge in [-0.15, -0.1) is 0 Å². The number of ether oxygens (including phenoxy) is 1. The van der Waals surface area contributed by atoms with Crippen molar-refractivity contribution in [3.63, 3.8) is 0 Å². The summed E-state index contributed by atoms with van der Waals surface area (Å²) in [6.45, 7) is 4.47. The number of benzene rings is 2. The summed E-state index contributed by atoms with van der Waals surface area (Å²) in [5.74, 6) is 0.722. The molecule has 98 valence electrons. The third kappa shape index (κ3) is 3.22. The zero-order valence-electron chi connectivity index (χ0n) is 11.3. The Hall–Kier alpha value is -2.09. The first-order valence-corrected chi connectivity index (χ1v) is 6.54. The van der Waals surface area contributed by atoms with E-state index in [1.807, 2.05) is 68.4 Å². The summed E-state index contributed by atoms with van der Waals surface area (Å²) in [5.41, 5.74) is 1.73. The van der Waals surface area contributed by atoms with Crippen LogP contribution < -0.4 is 4.74 Å². The van der Waals surface area contributed by atoms with Crippen LogP contribution in [0.15, 0.2) is 54.6 Å². The largest absolute Gasteiger partial charge is 0.494 e. The van der Waals surface area contributed by atoms with Gasteiger partial charge in [0, 0.05) is 11.5 Å². The summed E-state index contributed by atoms with van der Waals surface area (Å²) in [4.78, 5) is 12.4. The zero-order valence-corrected chi connectivity index (χ0v) is 11.3. The molecule has 19 heavy (non-hydrogen) atoms. The molecule has 0 radical (unpaired) electrons. The monoisotopic (exact) mass is 254 g/mol. The predicted octanol–water partition coefficient (Wildman–Crippen LogP) is 4.07. The van der Waals surface area contributed by atoms with Gasteiger partial charge < -0.3 is 4.74 Å². The molecule has 0 aromatic heterocycles. The maximum atomic E-state index is 12.4. The molecule has 2 aromatic carbocycles. The Labute approximate surface area is 114 Å². The van der Waals surface area contributed by atoms with Gasteiger partial charge in [-0.25, -0.2) is 0 Å². The minimum Gasteiger partial charge on any atom is -0.494 e. The van der Waals surface area contributed by atoms with Crippen molar-refractivity contribution in [2.45, 2.75) is 19.8 Å². The number of hydrogen-bond donors (Lipinski definition) is 0. The highest BCUT2D eigenvalue weighted by atomic mass is 16.5. The van der Waals surface area contributed by atoms with Crippen LogP contribution in [0.3, 0.4) is 0 Å². The first kappa shape index (κ1) is 13.3. The quantitative estimate of drug-likeness (QED) is 0.752. The van der Waals surface area contributed by atoms with Crippen LogP contribution in [0.2, 0.25) is 0 Å². The van der Waals surface area contributed by atoms with Crippen molar-refractivity contribution in [1.29, 1.82) is 0 Å². The molecule has 2 nitrogen and oxygen atoms in total. The summed E-state index contributed by atoms with van der Waals surface area (Å²) in [6.07, 6.45) is 0. The highest BCUT2D eigenvalue weighted by Gasteiger charge is 2.17. The van der Waals surface area contributed by atoms with Crippen LogP contribution >= 0.6 is 0 Å². The number of ketones is 1. The third-order valence-electron chi connectivity index (χ3n) is 3.12. The summed E-state index contributed by atoms with van der Waals surface area (Å²) < 4.78 is 5.43. The van der Waals surface area contributed by atoms with E-state index < -0.39 is 0 Å². The Balaban J connectivity index is 2.22. The van der Waals surface area contributed by atoms with Crippen LogP contribution in [0.5, 0.6) is 5.75 Å². The Morgan fingerprint density at radius 2 is 1.84 bits per heavy atom. The molecule has 1 unspecified atom stereocenters. The van der Waals surface area contributed by atoms with Crippen molar-refractivity contribution >= 4 is 5.78 Å². The van der Waals surface area contributed by atoms with E-state index in [2.05, 4.69) is 0 Å². The lowest BCUT2D eigenvalue weighted by molar-refractivity contribution is 0.0965. The van der Waals surface area contributed by atoms with Crippen molar-refractivity contribution in [3.05, 3.63) is 65.7 Å². The number of hydrogen-bond acceptors (Lipinski definition) is 2. The topological polar surface area (TPSA) is 26.3 Å². The fourth-order valence-electron chi connectivity index (χ4n) is 2.05. The van der Waals surface area contributed by atoms with Gasteiger partial charge in [0.15, 0.2) is 5.78 Å². The van der Waals surface area contributed by atoms with Gasteiger partial charge in [-0.3, -0.25) is 4.79 Å². The molecule has 1 atom stereocenters. The average molecular weight is 254 g/mol. The molecule has 0 aliphatic heterocycles. The van der Waals surface area contributed by atoms with Gasteiger partial charge >= 0.3 is 0 Å². The smallest absolute Gasteiger partial charge is 0.170 e. The van der Waals surface area contributed by atoms with Gasteiger partial charge in [0.2, 0.25) is 0 Å². The molecule has 0 heterocycles. The highest BCUT2D eigenvalue weighted by molar-refractivity contribution is 6.01. The van der Waals surface area contributed by atoms with E-state index in [1.54, 1.807) is 0 Å². The Bertz CT molecular complexity index is 546. The van der Waals surface area contributed by atoms with Crippen LogP contribution in [0, 0.1) is 0 Å². The number of Topliss-reactive ketones (excluding diaryl/α,β-unsaturated/α-hetero) is 1. The van der Waals surface area contributed by atoms with Crippen molar-refractivity contribution in [2.24, 2.45) is 0 Å². The Morgan fingerprint density at radius 1 is 1.11 bits per heavy atom.